The summed E-state index contributed by atoms with van der Waals surface area (Å²) in [4.78, 5) is 15.7. The van der Waals surface area contributed by atoms with Crippen LogP contribution in [0, 0.1) is 0 Å². The van der Waals surface area contributed by atoms with Crippen molar-refractivity contribution in [1.29, 1.82) is 0 Å². The van der Waals surface area contributed by atoms with Crippen molar-refractivity contribution in [2.24, 2.45) is 0 Å². The van der Waals surface area contributed by atoms with Crippen molar-refractivity contribution in [2.45, 2.75) is 5.41 Å². The van der Waals surface area contributed by atoms with Gasteiger partial charge in [-0.1, -0.05) is 255 Å². The third-order valence-corrected chi connectivity index (χ3v) is 16.1. The van der Waals surface area contributed by atoms with E-state index in [-0.39, 0.29) is 0 Å². The average molecular weight is 960 g/mol. The quantitative estimate of drug-likeness (QED) is 0.145. The van der Waals surface area contributed by atoms with Gasteiger partial charge in [-0.15, -0.1) is 11.3 Å². The molecule has 13 aromatic rings. The molecule has 0 atom stereocenters. The predicted octanol–water partition coefficient (Wildman–Crippen LogP) is 18.3. The lowest BCUT2D eigenvalue weighted by atomic mass is 9.67. The molecule has 0 amide bonds. The van der Waals surface area contributed by atoms with E-state index in [0.29, 0.717) is 17.5 Å². The van der Waals surface area contributed by atoms with Gasteiger partial charge in [-0.05, 0) is 96.1 Å². The zero-order valence-corrected chi connectivity index (χ0v) is 41.0. The van der Waals surface area contributed by atoms with Crippen LogP contribution in [-0.4, -0.2) is 15.0 Å². The van der Waals surface area contributed by atoms with E-state index in [4.69, 9.17) is 15.0 Å². The second-order valence-corrected chi connectivity index (χ2v) is 20.1. The van der Waals surface area contributed by atoms with E-state index in [0.717, 1.165) is 38.9 Å². The number of aromatic nitrogens is 3. The SMILES string of the molecule is c1ccc(-c2ccccc2-c2nc(-c3ccc(-c4ccc(-c5ccc(-c6ccc7c(c6)C(c6ccccc6)(c6ccccc6)c6ccccc6-7)cc5)cc4)cc3)nc(-c3cccc4c3sc3ccccc34)n2)cc1. The Balaban J connectivity index is 0.776. The van der Waals surface area contributed by atoms with E-state index in [1.807, 2.05) is 6.07 Å². The molecule has 74 heavy (non-hydrogen) atoms. The third kappa shape index (κ3) is 7.30. The number of rotatable bonds is 9. The summed E-state index contributed by atoms with van der Waals surface area (Å²) in [6.45, 7) is 0. The molecule has 346 valence electrons. The summed E-state index contributed by atoms with van der Waals surface area (Å²) in [5, 5.41) is 2.45. The van der Waals surface area contributed by atoms with Gasteiger partial charge in [-0.2, -0.15) is 0 Å². The van der Waals surface area contributed by atoms with Gasteiger partial charge in [0.1, 0.15) is 0 Å². The number of hydrogen-bond donors (Lipinski definition) is 0. The highest BCUT2D eigenvalue weighted by Gasteiger charge is 2.46. The van der Waals surface area contributed by atoms with Gasteiger partial charge in [0.05, 0.1) is 5.41 Å². The molecule has 4 heteroatoms. The number of thiophene rings is 1. The van der Waals surface area contributed by atoms with E-state index in [1.54, 1.807) is 11.3 Å². The van der Waals surface area contributed by atoms with Crippen LogP contribution in [0.15, 0.2) is 273 Å². The van der Waals surface area contributed by atoms with Crippen molar-refractivity contribution in [2.75, 3.05) is 0 Å². The molecular weight excluding hydrogens is 915 g/mol. The fraction of sp³-hybridized carbons (Fsp3) is 0.0143. The van der Waals surface area contributed by atoms with Gasteiger partial charge < -0.3 is 0 Å². The van der Waals surface area contributed by atoms with Crippen LogP contribution in [0.5, 0.6) is 0 Å². The molecule has 2 aromatic heterocycles. The van der Waals surface area contributed by atoms with E-state index < -0.39 is 5.41 Å². The van der Waals surface area contributed by atoms with E-state index in [2.05, 4.69) is 267 Å². The lowest BCUT2D eigenvalue weighted by molar-refractivity contribution is 0.769. The Bertz CT molecular complexity index is 4160. The van der Waals surface area contributed by atoms with Crippen molar-refractivity contribution >= 4 is 31.5 Å². The van der Waals surface area contributed by atoms with Gasteiger partial charge in [0.15, 0.2) is 17.5 Å². The van der Waals surface area contributed by atoms with Crippen molar-refractivity contribution < 1.29 is 0 Å². The Morgan fingerprint density at radius 2 is 0.689 bits per heavy atom. The first-order valence-electron chi connectivity index (χ1n) is 25.2. The molecule has 0 saturated carbocycles. The monoisotopic (exact) mass is 959 g/mol. The van der Waals surface area contributed by atoms with Crippen molar-refractivity contribution in [1.82, 2.24) is 15.0 Å². The maximum atomic E-state index is 5.25. The minimum Gasteiger partial charge on any atom is -0.208 e. The molecule has 1 aliphatic rings. The Hall–Kier alpha value is -9.35. The predicted molar refractivity (Wildman–Crippen MR) is 308 cm³/mol. The summed E-state index contributed by atoms with van der Waals surface area (Å²) >= 11 is 1.78. The highest BCUT2D eigenvalue weighted by atomic mass is 32.1. The highest BCUT2D eigenvalue weighted by molar-refractivity contribution is 7.26. The van der Waals surface area contributed by atoms with E-state index in [1.165, 1.54) is 75.8 Å². The molecule has 0 N–H and O–H groups in total. The van der Waals surface area contributed by atoms with Crippen molar-refractivity contribution in [3.8, 4) is 89.8 Å². The normalized spacial score (nSPS) is 12.4. The van der Waals surface area contributed by atoms with Crippen molar-refractivity contribution in [3.63, 3.8) is 0 Å². The summed E-state index contributed by atoms with van der Waals surface area (Å²) in [6.07, 6.45) is 0. The lowest BCUT2D eigenvalue weighted by Gasteiger charge is -2.34. The molecule has 0 saturated heterocycles. The Morgan fingerprint density at radius 3 is 1.32 bits per heavy atom. The molecule has 2 heterocycles. The minimum atomic E-state index is -0.433. The minimum absolute atomic E-state index is 0.433. The zero-order chi connectivity index (χ0) is 49.0. The second kappa shape index (κ2) is 18.0. The Kier molecular flexibility index (Phi) is 10.6. The number of hydrogen-bond acceptors (Lipinski definition) is 4. The maximum absolute atomic E-state index is 5.25. The van der Waals surface area contributed by atoms with Gasteiger partial charge in [0.25, 0.3) is 0 Å². The van der Waals surface area contributed by atoms with Crippen molar-refractivity contribution in [3.05, 3.63) is 295 Å². The standard InChI is InChI=1S/C70H45N3S/c1-4-17-51(18-5-1)56-23-10-11-26-61(56)68-71-67(72-69(73-68)62-28-16-27-60-59-25-13-15-30-65(59)74-66(60)62)52-41-39-49(40-42-52)47-33-31-46(32-34-47)48-35-37-50(38-36-48)53-43-44-58-57-24-12-14-29-63(57)70(64(58)45-53,54-19-6-2-7-20-54)55-21-8-3-9-22-55/h1-45H. The molecule has 11 aromatic carbocycles. The average Bonchev–Trinajstić information content (AvgIpc) is 4.06. The van der Waals surface area contributed by atoms with Crippen LogP contribution in [0.1, 0.15) is 22.3 Å². The molecule has 0 bridgehead atoms. The molecular formula is C70H45N3S. The smallest absolute Gasteiger partial charge is 0.165 e. The van der Waals surface area contributed by atoms with Crippen LogP contribution in [0.4, 0.5) is 0 Å². The summed E-state index contributed by atoms with van der Waals surface area (Å²) in [5.41, 5.74) is 19.4. The van der Waals surface area contributed by atoms with E-state index >= 15 is 0 Å². The third-order valence-electron chi connectivity index (χ3n) is 14.9. The fourth-order valence-electron chi connectivity index (χ4n) is 11.4. The first-order chi connectivity index (χ1) is 36.7. The van der Waals surface area contributed by atoms with Crippen LogP contribution >= 0.6 is 11.3 Å². The zero-order valence-electron chi connectivity index (χ0n) is 40.2. The molecule has 1 aliphatic carbocycles. The number of benzene rings is 11. The van der Waals surface area contributed by atoms with Gasteiger partial charge in [-0.3, -0.25) is 0 Å². The van der Waals surface area contributed by atoms with Gasteiger partial charge >= 0.3 is 0 Å². The molecule has 0 spiro atoms. The first-order valence-corrected chi connectivity index (χ1v) is 26.0. The van der Waals surface area contributed by atoms with Crippen LogP contribution in [0.3, 0.4) is 0 Å². The summed E-state index contributed by atoms with van der Waals surface area (Å²) in [6, 6.07) is 98.4. The van der Waals surface area contributed by atoms with Gasteiger partial charge in [0, 0.05) is 36.9 Å². The summed E-state index contributed by atoms with van der Waals surface area (Å²) in [5.74, 6) is 1.93. The topological polar surface area (TPSA) is 38.7 Å². The molecule has 0 aliphatic heterocycles. The summed E-state index contributed by atoms with van der Waals surface area (Å²) in [7, 11) is 0. The van der Waals surface area contributed by atoms with Crippen LogP contribution in [0.2, 0.25) is 0 Å². The Morgan fingerprint density at radius 1 is 0.257 bits per heavy atom. The fourth-order valence-corrected chi connectivity index (χ4v) is 12.6. The van der Waals surface area contributed by atoms with Crippen LogP contribution in [-0.2, 0) is 5.41 Å². The molecule has 14 rings (SSSR count). The highest BCUT2D eigenvalue weighted by Crippen LogP contribution is 2.56. The summed E-state index contributed by atoms with van der Waals surface area (Å²) < 4.78 is 2.41. The lowest BCUT2D eigenvalue weighted by Crippen LogP contribution is -2.28. The van der Waals surface area contributed by atoms with Gasteiger partial charge in [-0.25, -0.2) is 15.0 Å². The second-order valence-electron chi connectivity index (χ2n) is 19.0. The molecule has 0 fully saturated rings. The van der Waals surface area contributed by atoms with Crippen LogP contribution in [0.25, 0.3) is 110 Å². The van der Waals surface area contributed by atoms with Crippen LogP contribution < -0.4 is 0 Å². The maximum Gasteiger partial charge on any atom is 0.165 e. The largest absolute Gasteiger partial charge is 0.208 e. The van der Waals surface area contributed by atoms with Gasteiger partial charge in [0.2, 0.25) is 0 Å². The van der Waals surface area contributed by atoms with E-state index in [9.17, 15) is 0 Å². The number of fused-ring (bicyclic) bond motifs is 6. The Labute approximate surface area is 434 Å². The molecule has 3 nitrogen and oxygen atoms in total. The number of nitrogens with zero attached hydrogens (tertiary/aromatic N) is 3. The molecule has 0 unspecified atom stereocenters. The molecule has 0 radical (unpaired) electrons. The first kappa shape index (κ1) is 43.4.